The summed E-state index contributed by atoms with van der Waals surface area (Å²) < 4.78 is 7.34. The zero-order chi connectivity index (χ0) is 15.2. The first-order valence-electron chi connectivity index (χ1n) is 7.16. The van der Waals surface area contributed by atoms with Crippen LogP contribution in [-0.4, -0.2) is 11.7 Å². The van der Waals surface area contributed by atoms with Crippen LogP contribution in [0.15, 0.2) is 36.7 Å². The minimum atomic E-state index is 0.103. The lowest BCUT2D eigenvalue weighted by Crippen LogP contribution is -2.08. The third-order valence-corrected chi connectivity index (χ3v) is 3.55. The molecule has 0 aliphatic rings. The molecule has 0 aliphatic heterocycles. The van der Waals surface area contributed by atoms with Crippen LogP contribution in [0, 0.1) is 11.3 Å². The van der Waals surface area contributed by atoms with Crippen LogP contribution < -0.4 is 10.5 Å². The average Bonchev–Trinajstić information content (AvgIpc) is 2.96. The fourth-order valence-electron chi connectivity index (χ4n) is 2.39. The van der Waals surface area contributed by atoms with Crippen molar-refractivity contribution in [3.63, 3.8) is 0 Å². The molecule has 110 valence electrons. The predicted molar refractivity (Wildman–Crippen MR) is 83.1 cm³/mol. The number of aromatic nitrogens is 1. The van der Waals surface area contributed by atoms with Crippen LogP contribution in [0.25, 0.3) is 0 Å². The lowest BCUT2D eigenvalue weighted by molar-refractivity contribution is 0.413. The number of nitrogens with zero attached hydrogens (tertiary/aromatic N) is 2. The molecule has 0 amide bonds. The minimum absolute atomic E-state index is 0.103. The molecule has 0 bridgehead atoms. The maximum absolute atomic E-state index is 9.00. The van der Waals surface area contributed by atoms with Gasteiger partial charge in [0.05, 0.1) is 12.7 Å². The van der Waals surface area contributed by atoms with Crippen LogP contribution in [0.5, 0.6) is 5.75 Å². The molecule has 0 spiro atoms. The van der Waals surface area contributed by atoms with E-state index in [1.807, 2.05) is 18.3 Å². The van der Waals surface area contributed by atoms with Gasteiger partial charge in [-0.1, -0.05) is 19.4 Å². The normalized spacial score (nSPS) is 11.9. The van der Waals surface area contributed by atoms with E-state index in [9.17, 15) is 0 Å². The molecule has 1 unspecified atom stereocenters. The maximum atomic E-state index is 9.00. The Hall–Kier alpha value is -2.25. The third-order valence-electron chi connectivity index (χ3n) is 3.55. The fourth-order valence-corrected chi connectivity index (χ4v) is 2.39. The summed E-state index contributed by atoms with van der Waals surface area (Å²) in [5.41, 5.74) is 8.94. The number of nitriles is 1. The first-order valence-corrected chi connectivity index (χ1v) is 7.16. The van der Waals surface area contributed by atoms with E-state index >= 15 is 0 Å². The standard InChI is InChI=1S/C17H21N3O/c1-3-4-16(19)15-7-8-20(12-15)11-13-5-6-14(10-18)17(9-13)21-2/h5-9,12,16H,3-4,11,19H2,1-2H3. The van der Waals surface area contributed by atoms with Crippen molar-refractivity contribution in [2.75, 3.05) is 7.11 Å². The third kappa shape index (κ3) is 3.65. The van der Waals surface area contributed by atoms with E-state index in [0.29, 0.717) is 11.3 Å². The molecular weight excluding hydrogens is 262 g/mol. The van der Waals surface area contributed by atoms with Gasteiger partial charge >= 0.3 is 0 Å². The van der Waals surface area contributed by atoms with Gasteiger partial charge in [0.15, 0.2) is 0 Å². The fraction of sp³-hybridized carbons (Fsp3) is 0.353. The summed E-state index contributed by atoms with van der Waals surface area (Å²) in [4.78, 5) is 0. The van der Waals surface area contributed by atoms with Crippen molar-refractivity contribution in [1.82, 2.24) is 4.57 Å². The Balaban J connectivity index is 2.14. The summed E-state index contributed by atoms with van der Waals surface area (Å²) >= 11 is 0. The Morgan fingerprint density at radius 3 is 2.86 bits per heavy atom. The summed E-state index contributed by atoms with van der Waals surface area (Å²) in [7, 11) is 1.58. The number of methoxy groups -OCH3 is 1. The average molecular weight is 283 g/mol. The Morgan fingerprint density at radius 2 is 2.19 bits per heavy atom. The molecule has 2 aromatic rings. The molecule has 0 fully saturated rings. The van der Waals surface area contributed by atoms with Gasteiger partial charge in [-0.3, -0.25) is 0 Å². The van der Waals surface area contributed by atoms with Crippen LogP contribution in [0.4, 0.5) is 0 Å². The maximum Gasteiger partial charge on any atom is 0.136 e. The monoisotopic (exact) mass is 283 g/mol. The van der Waals surface area contributed by atoms with Crippen molar-refractivity contribution in [2.24, 2.45) is 5.73 Å². The van der Waals surface area contributed by atoms with Crippen molar-refractivity contribution in [3.8, 4) is 11.8 Å². The second-order valence-corrected chi connectivity index (χ2v) is 5.16. The lowest BCUT2D eigenvalue weighted by atomic mass is 10.1. The summed E-state index contributed by atoms with van der Waals surface area (Å²) in [6.07, 6.45) is 6.20. The topological polar surface area (TPSA) is 64.0 Å². The van der Waals surface area contributed by atoms with Gasteiger partial charge in [-0.05, 0) is 35.7 Å². The van der Waals surface area contributed by atoms with Gasteiger partial charge in [-0.2, -0.15) is 5.26 Å². The van der Waals surface area contributed by atoms with Crippen LogP contribution in [0.1, 0.15) is 42.5 Å². The molecule has 0 saturated heterocycles. The second-order valence-electron chi connectivity index (χ2n) is 5.16. The highest BCUT2D eigenvalue weighted by atomic mass is 16.5. The van der Waals surface area contributed by atoms with Crippen LogP contribution in [0.3, 0.4) is 0 Å². The number of hydrogen-bond donors (Lipinski definition) is 1. The summed E-state index contributed by atoms with van der Waals surface area (Å²) in [5, 5.41) is 9.00. The Labute approximate surface area is 125 Å². The molecule has 2 rings (SSSR count). The largest absolute Gasteiger partial charge is 0.495 e. The smallest absolute Gasteiger partial charge is 0.136 e. The highest BCUT2D eigenvalue weighted by Crippen LogP contribution is 2.21. The molecule has 4 nitrogen and oxygen atoms in total. The highest BCUT2D eigenvalue weighted by molar-refractivity contribution is 5.45. The van der Waals surface area contributed by atoms with Gasteiger partial charge in [0.1, 0.15) is 11.8 Å². The van der Waals surface area contributed by atoms with E-state index in [1.165, 1.54) is 0 Å². The molecule has 0 radical (unpaired) electrons. The second kappa shape index (κ2) is 6.96. The number of nitrogens with two attached hydrogens (primary N) is 1. The zero-order valence-corrected chi connectivity index (χ0v) is 12.5. The molecule has 21 heavy (non-hydrogen) atoms. The van der Waals surface area contributed by atoms with Crippen molar-refractivity contribution in [3.05, 3.63) is 53.3 Å². The van der Waals surface area contributed by atoms with Crippen LogP contribution in [0.2, 0.25) is 0 Å². The van der Waals surface area contributed by atoms with Gasteiger partial charge in [0.2, 0.25) is 0 Å². The van der Waals surface area contributed by atoms with E-state index in [-0.39, 0.29) is 6.04 Å². The lowest BCUT2D eigenvalue weighted by Gasteiger charge is -2.09. The molecule has 0 saturated carbocycles. The highest BCUT2D eigenvalue weighted by Gasteiger charge is 2.08. The van der Waals surface area contributed by atoms with E-state index in [2.05, 4.69) is 29.8 Å². The predicted octanol–water partition coefficient (Wildman–Crippen LogP) is 3.22. The summed E-state index contributed by atoms with van der Waals surface area (Å²) in [6, 6.07) is 9.95. The van der Waals surface area contributed by atoms with E-state index < -0.39 is 0 Å². The molecule has 2 N–H and O–H groups in total. The minimum Gasteiger partial charge on any atom is -0.495 e. The van der Waals surface area contributed by atoms with E-state index in [4.69, 9.17) is 15.7 Å². The van der Waals surface area contributed by atoms with Crippen LogP contribution >= 0.6 is 0 Å². The van der Waals surface area contributed by atoms with E-state index in [0.717, 1.165) is 30.5 Å². The molecule has 4 heteroatoms. The number of ether oxygens (including phenoxy) is 1. The van der Waals surface area contributed by atoms with Crippen molar-refractivity contribution >= 4 is 0 Å². The van der Waals surface area contributed by atoms with Gasteiger partial charge < -0.3 is 15.0 Å². The molecule has 1 aromatic heterocycles. The first kappa shape index (κ1) is 15.1. The van der Waals surface area contributed by atoms with Crippen LogP contribution in [-0.2, 0) is 6.54 Å². The van der Waals surface area contributed by atoms with E-state index in [1.54, 1.807) is 13.2 Å². The first-order chi connectivity index (χ1) is 10.2. The Morgan fingerprint density at radius 1 is 1.38 bits per heavy atom. The SMILES string of the molecule is CCCC(N)c1ccn(Cc2ccc(C#N)c(OC)c2)c1. The number of benzene rings is 1. The van der Waals surface area contributed by atoms with Gasteiger partial charge in [-0.25, -0.2) is 0 Å². The Bertz CT molecular complexity index is 640. The van der Waals surface area contributed by atoms with Gasteiger partial charge in [0, 0.05) is 25.0 Å². The molecule has 0 aliphatic carbocycles. The van der Waals surface area contributed by atoms with Gasteiger partial charge in [0.25, 0.3) is 0 Å². The summed E-state index contributed by atoms with van der Waals surface area (Å²) in [5.74, 6) is 0.616. The molecule has 1 heterocycles. The summed E-state index contributed by atoms with van der Waals surface area (Å²) in [6.45, 7) is 2.88. The van der Waals surface area contributed by atoms with Crippen molar-refractivity contribution in [1.29, 1.82) is 5.26 Å². The van der Waals surface area contributed by atoms with Crippen molar-refractivity contribution < 1.29 is 4.74 Å². The molecule has 1 aromatic carbocycles. The number of hydrogen-bond acceptors (Lipinski definition) is 3. The molecular formula is C17H21N3O. The zero-order valence-electron chi connectivity index (χ0n) is 12.5. The number of rotatable bonds is 6. The van der Waals surface area contributed by atoms with Crippen molar-refractivity contribution in [2.45, 2.75) is 32.4 Å². The molecule has 1 atom stereocenters. The van der Waals surface area contributed by atoms with Gasteiger partial charge in [-0.15, -0.1) is 0 Å². The Kier molecular flexibility index (Phi) is 5.02. The quantitative estimate of drug-likeness (QED) is 0.885.